The van der Waals surface area contributed by atoms with Crippen LogP contribution in [-0.2, 0) is 40.8 Å². The van der Waals surface area contributed by atoms with E-state index in [2.05, 4.69) is 25.2 Å². The van der Waals surface area contributed by atoms with E-state index in [1.54, 1.807) is 12.1 Å². The Morgan fingerprint density at radius 2 is 1.78 bits per heavy atom. The molecule has 282 valence electrons. The minimum Gasteiger partial charge on any atom is -0.358 e. The fourth-order valence-electron chi connectivity index (χ4n) is 7.49. The van der Waals surface area contributed by atoms with Gasteiger partial charge in [-0.15, -0.1) is 0 Å². The minimum absolute atomic E-state index is 0.0307. The van der Waals surface area contributed by atoms with Gasteiger partial charge in [-0.05, 0) is 48.6 Å². The van der Waals surface area contributed by atoms with Crippen LogP contribution in [0.2, 0.25) is 10.0 Å². The summed E-state index contributed by atoms with van der Waals surface area (Å²) in [6.45, 7) is -0.895. The standard InChI is InChI=1S/C34H26Cl2F6N8O3S/c1-49-30-16(3-4-20(35)26(30)33(47-49)48-54(2,52)53)17-10-22-28(21(36)11-43-22)45-27(17)23(7-13-5-14(37)8-15(38)6-13)44-24(51)12-50-31-25(29(46-50)32(39)40)18-9-19(18)34(31,41)42/h3-6,8,10-11,18-19,23,32,43H,7,9,12H2,1-2H3,(H,44,51)(H,47,48)/t18-,19+,23?/m0/s1. The number of rotatable bonds is 10. The van der Waals surface area contributed by atoms with Crippen LogP contribution in [0.5, 0.6) is 0 Å². The molecular formula is C34H26Cl2F6N8O3S. The van der Waals surface area contributed by atoms with E-state index in [1.165, 1.54) is 24.0 Å². The second-order valence-corrected chi connectivity index (χ2v) is 16.0. The van der Waals surface area contributed by atoms with Crippen molar-refractivity contribution in [2.75, 3.05) is 11.0 Å². The Bertz CT molecular complexity index is 2640. The molecule has 0 radical (unpaired) electrons. The predicted molar refractivity (Wildman–Crippen MR) is 187 cm³/mol. The molecule has 0 saturated heterocycles. The molecule has 1 saturated carbocycles. The van der Waals surface area contributed by atoms with Crippen molar-refractivity contribution in [3.8, 4) is 11.1 Å². The summed E-state index contributed by atoms with van der Waals surface area (Å²) in [6, 6.07) is 6.18. The van der Waals surface area contributed by atoms with Crippen molar-refractivity contribution in [3.63, 3.8) is 0 Å². The number of fused-ring (bicyclic) bond motifs is 5. The number of alkyl halides is 4. The van der Waals surface area contributed by atoms with Crippen LogP contribution in [0.3, 0.4) is 0 Å². The van der Waals surface area contributed by atoms with Crippen LogP contribution in [0.15, 0.2) is 42.6 Å². The molecule has 1 unspecified atom stereocenters. The third-order valence-electron chi connectivity index (χ3n) is 9.63. The van der Waals surface area contributed by atoms with E-state index in [1.807, 2.05) is 0 Å². The lowest BCUT2D eigenvalue weighted by molar-refractivity contribution is -0.123. The Morgan fingerprint density at radius 3 is 2.46 bits per heavy atom. The number of carbonyl (C=O) groups excluding carboxylic acids is 1. The zero-order chi connectivity index (χ0) is 38.6. The SMILES string of the molecule is Cn1nc(NS(C)(=O)=O)c2c(Cl)ccc(-c3cc4[nH]cc(Cl)c4nc3C(Cc3cc(F)cc(F)c3)NC(=O)Cn3nc(C(F)F)c4c3C(F)(F)[C@@H]3C[C@H]43)c21. The Hall–Kier alpha value is -4.81. The Balaban J connectivity index is 1.28. The van der Waals surface area contributed by atoms with Crippen molar-refractivity contribution in [3.05, 3.63) is 92.5 Å². The predicted octanol–water partition coefficient (Wildman–Crippen LogP) is 7.52. The molecule has 0 bridgehead atoms. The number of aromatic nitrogens is 6. The van der Waals surface area contributed by atoms with Crippen LogP contribution in [0.4, 0.5) is 32.2 Å². The van der Waals surface area contributed by atoms with Gasteiger partial charge in [0.15, 0.2) is 5.82 Å². The number of sulfonamides is 1. The van der Waals surface area contributed by atoms with Crippen molar-refractivity contribution < 1.29 is 39.6 Å². The highest BCUT2D eigenvalue weighted by atomic mass is 35.5. The summed E-state index contributed by atoms with van der Waals surface area (Å²) < 4.78 is 116. The summed E-state index contributed by atoms with van der Waals surface area (Å²) in [7, 11) is -2.28. The fourth-order valence-corrected chi connectivity index (χ4v) is 8.42. The van der Waals surface area contributed by atoms with E-state index in [4.69, 9.17) is 28.2 Å². The molecule has 2 aliphatic rings. The molecule has 0 spiro atoms. The summed E-state index contributed by atoms with van der Waals surface area (Å²) in [5, 5.41) is 11.3. The van der Waals surface area contributed by atoms with E-state index in [0.717, 1.165) is 18.4 Å². The Labute approximate surface area is 311 Å². The summed E-state index contributed by atoms with van der Waals surface area (Å²) in [5.74, 6) is -8.29. The minimum atomic E-state index is -3.81. The molecule has 2 aliphatic carbocycles. The van der Waals surface area contributed by atoms with Crippen LogP contribution in [0, 0.1) is 17.6 Å². The monoisotopic (exact) mass is 810 g/mol. The third kappa shape index (κ3) is 6.13. The van der Waals surface area contributed by atoms with Gasteiger partial charge < -0.3 is 10.3 Å². The first kappa shape index (κ1) is 36.2. The maximum absolute atomic E-state index is 15.3. The lowest BCUT2D eigenvalue weighted by Gasteiger charge is -2.23. The molecule has 3 N–H and O–H groups in total. The molecule has 4 heterocycles. The first-order valence-electron chi connectivity index (χ1n) is 16.2. The van der Waals surface area contributed by atoms with Gasteiger partial charge in [0.2, 0.25) is 15.9 Å². The van der Waals surface area contributed by atoms with Crippen molar-refractivity contribution in [1.82, 2.24) is 34.8 Å². The highest BCUT2D eigenvalue weighted by Gasteiger charge is 2.67. The quantitative estimate of drug-likeness (QED) is 0.122. The molecule has 54 heavy (non-hydrogen) atoms. The number of carbonyl (C=O) groups is 1. The molecule has 6 aromatic rings. The number of aromatic amines is 1. The molecule has 11 nitrogen and oxygen atoms in total. The number of aryl methyl sites for hydroxylation is 1. The van der Waals surface area contributed by atoms with Crippen molar-refractivity contribution in [1.29, 1.82) is 0 Å². The van der Waals surface area contributed by atoms with Crippen LogP contribution in [-0.4, -0.2) is 50.1 Å². The van der Waals surface area contributed by atoms with Crippen LogP contribution < -0.4 is 10.0 Å². The van der Waals surface area contributed by atoms with Gasteiger partial charge in [-0.25, -0.2) is 31.0 Å². The third-order valence-corrected chi connectivity index (χ3v) is 10.8. The van der Waals surface area contributed by atoms with Crippen molar-refractivity contribution in [2.45, 2.75) is 43.7 Å². The molecular weight excluding hydrogens is 785 g/mol. The molecule has 8 rings (SSSR count). The molecule has 1 fully saturated rings. The van der Waals surface area contributed by atoms with Gasteiger partial charge in [0.1, 0.15) is 35.1 Å². The van der Waals surface area contributed by atoms with Crippen LogP contribution in [0.1, 0.15) is 53.0 Å². The lowest BCUT2D eigenvalue weighted by Crippen LogP contribution is -2.35. The zero-order valence-electron chi connectivity index (χ0n) is 27.9. The number of benzene rings is 2. The van der Waals surface area contributed by atoms with Gasteiger partial charge in [-0.3, -0.25) is 18.9 Å². The maximum atomic E-state index is 15.3. The molecule has 3 atom stereocenters. The Morgan fingerprint density at radius 1 is 1.06 bits per heavy atom. The zero-order valence-corrected chi connectivity index (χ0v) is 30.2. The number of hydrogen-bond donors (Lipinski definition) is 3. The smallest absolute Gasteiger partial charge is 0.293 e. The Kier molecular flexibility index (Phi) is 8.46. The molecule has 1 amide bonds. The second kappa shape index (κ2) is 12.6. The average molecular weight is 812 g/mol. The van der Waals surface area contributed by atoms with Crippen LogP contribution >= 0.6 is 23.2 Å². The van der Waals surface area contributed by atoms with Gasteiger partial charge in [0.25, 0.3) is 12.3 Å². The number of halogens is 8. The number of nitrogens with one attached hydrogen (secondary N) is 3. The van der Waals surface area contributed by atoms with Gasteiger partial charge in [0.05, 0.1) is 44.5 Å². The topological polar surface area (TPSA) is 140 Å². The van der Waals surface area contributed by atoms with E-state index in [-0.39, 0.29) is 56.4 Å². The molecule has 20 heteroatoms. The number of pyridine rings is 1. The van der Waals surface area contributed by atoms with E-state index >= 15 is 8.78 Å². The normalized spacial score (nSPS) is 18.0. The summed E-state index contributed by atoms with van der Waals surface area (Å²) in [5.41, 5.74) is 0.00361. The summed E-state index contributed by atoms with van der Waals surface area (Å²) >= 11 is 13.0. The van der Waals surface area contributed by atoms with Gasteiger partial charge in [0, 0.05) is 41.9 Å². The van der Waals surface area contributed by atoms with E-state index in [0.29, 0.717) is 32.9 Å². The highest BCUT2D eigenvalue weighted by molar-refractivity contribution is 7.92. The number of hydrogen-bond acceptors (Lipinski definition) is 6. The first-order chi connectivity index (χ1) is 25.4. The highest BCUT2D eigenvalue weighted by Crippen LogP contribution is 2.68. The van der Waals surface area contributed by atoms with Crippen molar-refractivity contribution in [2.24, 2.45) is 13.0 Å². The molecule has 0 aliphatic heterocycles. The second-order valence-electron chi connectivity index (χ2n) is 13.4. The van der Waals surface area contributed by atoms with E-state index < -0.39 is 75.7 Å². The van der Waals surface area contributed by atoms with Gasteiger partial charge in [-0.1, -0.05) is 29.3 Å². The first-order valence-corrected chi connectivity index (χ1v) is 18.9. The number of H-pyrrole nitrogens is 1. The molecule has 2 aromatic carbocycles. The fraction of sp³-hybridized carbons (Fsp3) is 0.294. The largest absolute Gasteiger partial charge is 0.358 e. The summed E-state index contributed by atoms with van der Waals surface area (Å²) in [4.78, 5) is 21.6. The maximum Gasteiger partial charge on any atom is 0.293 e. The van der Waals surface area contributed by atoms with Gasteiger partial charge >= 0.3 is 0 Å². The number of anilines is 1. The van der Waals surface area contributed by atoms with Crippen LogP contribution in [0.25, 0.3) is 33.1 Å². The summed E-state index contributed by atoms with van der Waals surface area (Å²) in [6.07, 6.45) is -1.04. The molecule has 4 aromatic heterocycles. The van der Waals surface area contributed by atoms with Crippen molar-refractivity contribution >= 4 is 66.9 Å². The average Bonchev–Trinajstić information content (AvgIpc) is 3.41. The number of nitrogens with zero attached hydrogens (tertiary/aromatic N) is 5. The lowest BCUT2D eigenvalue weighted by atomic mass is 9.93. The van der Waals surface area contributed by atoms with Gasteiger partial charge in [-0.2, -0.15) is 19.0 Å². The van der Waals surface area contributed by atoms with E-state index in [9.17, 15) is 30.8 Å². The number of amides is 1.